The maximum Gasteiger partial charge on any atom is 0.213 e. The van der Waals surface area contributed by atoms with Crippen LogP contribution in [-0.2, 0) is 20.2 Å². The lowest BCUT2D eigenvalue weighted by Crippen LogP contribution is -2.56. The summed E-state index contributed by atoms with van der Waals surface area (Å²) in [6, 6.07) is 5.17. The summed E-state index contributed by atoms with van der Waals surface area (Å²) in [7, 11) is -2.08. The number of hydrogen-bond acceptors (Lipinski definition) is 8. The zero-order valence-electron chi connectivity index (χ0n) is 17.9. The highest BCUT2D eigenvalue weighted by molar-refractivity contribution is 7.92. The van der Waals surface area contributed by atoms with Crippen molar-refractivity contribution in [2.45, 2.75) is 49.4 Å². The van der Waals surface area contributed by atoms with Gasteiger partial charge in [-0.1, -0.05) is 11.3 Å². The van der Waals surface area contributed by atoms with E-state index >= 15 is 0 Å². The van der Waals surface area contributed by atoms with Crippen LogP contribution in [0.3, 0.4) is 0 Å². The lowest BCUT2D eigenvalue weighted by Gasteiger charge is -2.52. The lowest BCUT2D eigenvalue weighted by molar-refractivity contribution is -0.153. The molecule has 166 valence electrons. The van der Waals surface area contributed by atoms with Gasteiger partial charge in [0.25, 0.3) is 0 Å². The highest BCUT2D eigenvalue weighted by Crippen LogP contribution is 2.51. The highest BCUT2D eigenvalue weighted by Gasteiger charge is 2.54. The summed E-state index contributed by atoms with van der Waals surface area (Å²) >= 11 is 1.31. The van der Waals surface area contributed by atoms with Crippen LogP contribution in [0.15, 0.2) is 23.1 Å². The largest absolute Gasteiger partial charge is 0.495 e. The molecule has 2 fully saturated rings. The van der Waals surface area contributed by atoms with Crippen molar-refractivity contribution in [3.63, 3.8) is 0 Å². The van der Waals surface area contributed by atoms with Crippen LogP contribution in [0.5, 0.6) is 5.75 Å². The molecular formula is C21H25N3O5S2. The number of fused-ring (bicyclic) bond motifs is 1. The average molecular weight is 464 g/mol. The molecule has 1 spiro atoms. The molecule has 2 aromatic heterocycles. The number of benzene rings is 1. The normalized spacial score (nSPS) is 18.9. The van der Waals surface area contributed by atoms with E-state index in [0.717, 1.165) is 5.69 Å². The van der Waals surface area contributed by atoms with Crippen LogP contribution in [-0.4, -0.2) is 53.7 Å². The van der Waals surface area contributed by atoms with Gasteiger partial charge in [-0.05, 0) is 51.8 Å². The van der Waals surface area contributed by atoms with Gasteiger partial charge in [0.05, 0.1) is 37.0 Å². The van der Waals surface area contributed by atoms with Crippen LogP contribution < -0.4 is 4.74 Å². The molecule has 3 heterocycles. The molecule has 0 bridgehead atoms. The van der Waals surface area contributed by atoms with Gasteiger partial charge in [0, 0.05) is 11.0 Å². The smallest absolute Gasteiger partial charge is 0.213 e. The van der Waals surface area contributed by atoms with Gasteiger partial charge in [0.1, 0.15) is 21.3 Å². The summed E-state index contributed by atoms with van der Waals surface area (Å²) in [5.74, 6) is 0.337. The number of sulfone groups is 1. The third-order valence-corrected chi connectivity index (χ3v) is 9.59. The van der Waals surface area contributed by atoms with E-state index in [4.69, 9.17) is 9.47 Å². The number of nitrogens with zero attached hydrogens (tertiary/aromatic N) is 3. The number of ether oxygens (including phenoxy) is 2. The number of aliphatic hydroxyl groups is 1. The van der Waals surface area contributed by atoms with Gasteiger partial charge in [-0.25, -0.2) is 17.9 Å². The fourth-order valence-corrected chi connectivity index (χ4v) is 7.58. The van der Waals surface area contributed by atoms with Crippen molar-refractivity contribution >= 4 is 26.1 Å². The Morgan fingerprint density at radius 2 is 2.03 bits per heavy atom. The first kappa shape index (κ1) is 20.9. The van der Waals surface area contributed by atoms with Gasteiger partial charge in [-0.2, -0.15) is 5.10 Å². The standard InChI is InChI=1S/C21H25N3O5S2/c1-12-17(24-19(22-12)30-18(23-24)20(2,3)25)13-5-6-15(28-4)16(7-13)31(26,27)14-8-21(9-14)10-29-11-21/h5-7,14,25H,8-11H2,1-4H3. The van der Waals surface area contributed by atoms with E-state index in [0.29, 0.717) is 53.0 Å². The highest BCUT2D eigenvalue weighted by atomic mass is 32.2. The van der Waals surface area contributed by atoms with Crippen molar-refractivity contribution in [1.29, 1.82) is 0 Å². The molecule has 0 atom stereocenters. The molecule has 31 heavy (non-hydrogen) atoms. The van der Waals surface area contributed by atoms with Crippen LogP contribution in [0.2, 0.25) is 0 Å². The molecule has 1 N–H and O–H groups in total. The van der Waals surface area contributed by atoms with Crippen molar-refractivity contribution in [2.24, 2.45) is 5.41 Å². The topological polar surface area (TPSA) is 103 Å². The lowest BCUT2D eigenvalue weighted by atomic mass is 9.67. The Kier molecular flexibility index (Phi) is 4.54. The van der Waals surface area contributed by atoms with Crippen LogP contribution >= 0.6 is 11.3 Å². The molecule has 1 aliphatic carbocycles. The molecule has 8 nitrogen and oxygen atoms in total. The van der Waals surface area contributed by atoms with E-state index < -0.39 is 20.7 Å². The van der Waals surface area contributed by atoms with E-state index in [2.05, 4.69) is 10.1 Å². The fourth-order valence-electron chi connectivity index (χ4n) is 4.41. The predicted octanol–water partition coefficient (Wildman–Crippen LogP) is 2.95. The van der Waals surface area contributed by atoms with Crippen molar-refractivity contribution in [1.82, 2.24) is 14.6 Å². The average Bonchev–Trinajstić information content (AvgIpc) is 3.15. The molecule has 3 aromatic rings. The van der Waals surface area contributed by atoms with Crippen molar-refractivity contribution in [2.75, 3.05) is 20.3 Å². The zero-order valence-corrected chi connectivity index (χ0v) is 19.5. The monoisotopic (exact) mass is 463 g/mol. The van der Waals surface area contributed by atoms with Gasteiger partial charge in [0.15, 0.2) is 9.84 Å². The summed E-state index contributed by atoms with van der Waals surface area (Å²) in [5.41, 5.74) is 1.10. The minimum Gasteiger partial charge on any atom is -0.495 e. The molecule has 0 unspecified atom stereocenters. The SMILES string of the molecule is COc1ccc(-c2c(C)nc3sc(C(C)(C)O)nn23)cc1S(=O)(=O)C1CC2(COC2)C1. The summed E-state index contributed by atoms with van der Waals surface area (Å²) in [6.07, 6.45) is 1.25. The Bertz CT molecular complexity index is 1270. The van der Waals surface area contributed by atoms with Crippen LogP contribution in [0.1, 0.15) is 37.4 Å². The third kappa shape index (κ3) is 3.19. The number of aryl methyl sites for hydroxylation is 1. The Morgan fingerprint density at radius 1 is 1.32 bits per heavy atom. The van der Waals surface area contributed by atoms with Crippen LogP contribution in [0.4, 0.5) is 0 Å². The molecular weight excluding hydrogens is 438 g/mol. The van der Waals surface area contributed by atoms with E-state index in [1.165, 1.54) is 18.4 Å². The number of rotatable bonds is 5. The summed E-state index contributed by atoms with van der Waals surface area (Å²) < 4.78 is 39.2. The van der Waals surface area contributed by atoms with Gasteiger partial charge in [0.2, 0.25) is 4.96 Å². The molecule has 1 aliphatic heterocycles. The first-order valence-corrected chi connectivity index (χ1v) is 12.5. The maximum atomic E-state index is 13.4. The number of aromatic nitrogens is 3. The van der Waals surface area contributed by atoms with Crippen molar-refractivity contribution < 1.29 is 23.0 Å². The Hall–Kier alpha value is -2.01. The molecule has 1 saturated heterocycles. The van der Waals surface area contributed by atoms with Gasteiger partial charge < -0.3 is 14.6 Å². The predicted molar refractivity (Wildman–Crippen MR) is 116 cm³/mol. The first-order chi connectivity index (χ1) is 14.5. The molecule has 5 rings (SSSR count). The molecule has 0 amide bonds. The first-order valence-electron chi connectivity index (χ1n) is 10.1. The zero-order chi connectivity index (χ0) is 22.2. The van der Waals surface area contributed by atoms with E-state index in [1.54, 1.807) is 30.5 Å². The molecule has 10 heteroatoms. The molecule has 2 aliphatic rings. The van der Waals surface area contributed by atoms with E-state index in [1.807, 2.05) is 13.0 Å². The van der Waals surface area contributed by atoms with Crippen molar-refractivity contribution in [3.8, 4) is 17.0 Å². The summed E-state index contributed by atoms with van der Waals surface area (Å²) in [4.78, 5) is 5.41. The fraction of sp³-hybridized carbons (Fsp3) is 0.524. The minimum atomic E-state index is -3.56. The van der Waals surface area contributed by atoms with Gasteiger partial charge >= 0.3 is 0 Å². The van der Waals surface area contributed by atoms with Gasteiger partial charge in [-0.15, -0.1) is 0 Å². The number of hydrogen-bond donors (Lipinski definition) is 1. The van der Waals surface area contributed by atoms with Crippen LogP contribution in [0, 0.1) is 12.3 Å². The summed E-state index contributed by atoms with van der Waals surface area (Å²) in [6.45, 7) is 6.51. The number of methoxy groups -OCH3 is 1. The van der Waals surface area contributed by atoms with Crippen LogP contribution in [0.25, 0.3) is 16.2 Å². The van der Waals surface area contributed by atoms with Gasteiger partial charge in [-0.3, -0.25) is 0 Å². The second-order valence-corrected chi connectivity index (χ2v) is 12.3. The Morgan fingerprint density at radius 3 is 2.61 bits per heavy atom. The van der Waals surface area contributed by atoms with E-state index in [-0.39, 0.29) is 10.3 Å². The molecule has 1 saturated carbocycles. The van der Waals surface area contributed by atoms with E-state index in [9.17, 15) is 13.5 Å². The quantitative estimate of drug-likeness (QED) is 0.620. The third-order valence-electron chi connectivity index (χ3n) is 6.22. The minimum absolute atomic E-state index is 0.0465. The maximum absolute atomic E-state index is 13.4. The second-order valence-electron chi connectivity index (χ2n) is 9.14. The van der Waals surface area contributed by atoms with Crippen molar-refractivity contribution in [3.05, 3.63) is 28.9 Å². The Labute approximate surface area is 184 Å². The summed E-state index contributed by atoms with van der Waals surface area (Å²) in [5, 5.41) is 15.0. The molecule has 1 aromatic carbocycles. The Balaban J connectivity index is 1.59. The second kappa shape index (κ2) is 6.74. The molecule has 0 radical (unpaired) electrons. The number of imidazole rings is 1.